The fourth-order valence-electron chi connectivity index (χ4n) is 1.35. The highest BCUT2D eigenvalue weighted by atomic mass is 19.1. The first-order valence-electron chi connectivity index (χ1n) is 4.37. The molecule has 0 aromatic heterocycles. The smallest absolute Gasteiger partial charge is 0.146 e. The Hall–Kier alpha value is -1.05. The molecule has 0 bridgehead atoms. The number of halogens is 1. The van der Waals surface area contributed by atoms with Crippen LogP contribution in [0.4, 0.5) is 10.1 Å². The van der Waals surface area contributed by atoms with Gasteiger partial charge in [0.25, 0.3) is 0 Å². The van der Waals surface area contributed by atoms with Gasteiger partial charge in [-0.2, -0.15) is 0 Å². The van der Waals surface area contributed by atoms with E-state index in [2.05, 4.69) is 5.32 Å². The third-order valence-electron chi connectivity index (χ3n) is 2.34. The Morgan fingerprint density at radius 3 is 2.58 bits per heavy atom. The van der Waals surface area contributed by atoms with Crippen LogP contribution in [0.25, 0.3) is 0 Å². The van der Waals surface area contributed by atoms with E-state index in [1.165, 1.54) is 25.3 Å². The summed E-state index contributed by atoms with van der Waals surface area (Å²) in [6, 6.07) is 7.34. The van der Waals surface area contributed by atoms with Gasteiger partial charge < -0.3 is 5.32 Å². The molecule has 12 heavy (non-hydrogen) atoms. The van der Waals surface area contributed by atoms with Gasteiger partial charge in [0.1, 0.15) is 5.82 Å². The zero-order valence-electron chi connectivity index (χ0n) is 6.89. The summed E-state index contributed by atoms with van der Waals surface area (Å²) in [6.45, 7) is 0. The first kappa shape index (κ1) is 7.59. The molecule has 1 aliphatic rings. The van der Waals surface area contributed by atoms with E-state index in [9.17, 15) is 4.39 Å². The number of hydrogen-bond donors (Lipinski definition) is 1. The lowest BCUT2D eigenvalue weighted by atomic mass is 9.93. The summed E-state index contributed by atoms with van der Waals surface area (Å²) >= 11 is 0. The molecule has 64 valence electrons. The number of anilines is 1. The molecule has 1 saturated carbocycles. The van der Waals surface area contributed by atoms with Gasteiger partial charge in [-0.25, -0.2) is 4.39 Å². The van der Waals surface area contributed by atoms with Crippen molar-refractivity contribution in [2.24, 2.45) is 0 Å². The minimum atomic E-state index is -0.149. The van der Waals surface area contributed by atoms with Crippen molar-refractivity contribution >= 4 is 5.69 Å². The lowest BCUT2D eigenvalue weighted by Gasteiger charge is -2.27. The standard InChI is InChI=1S/C10H12FN/c11-9-6-1-2-7-10(9)12-8-4-3-5-8/h1-2,6-8,12H,3-5H2. The van der Waals surface area contributed by atoms with Crippen LogP contribution in [0.3, 0.4) is 0 Å². The van der Waals surface area contributed by atoms with Crippen molar-refractivity contribution in [2.45, 2.75) is 25.3 Å². The van der Waals surface area contributed by atoms with E-state index in [-0.39, 0.29) is 5.82 Å². The van der Waals surface area contributed by atoms with E-state index < -0.39 is 0 Å². The topological polar surface area (TPSA) is 12.0 Å². The second-order valence-corrected chi connectivity index (χ2v) is 3.25. The van der Waals surface area contributed by atoms with E-state index in [1.54, 1.807) is 12.1 Å². The highest BCUT2D eigenvalue weighted by Crippen LogP contribution is 2.24. The Balaban J connectivity index is 2.06. The number of hydrogen-bond acceptors (Lipinski definition) is 1. The van der Waals surface area contributed by atoms with Gasteiger partial charge in [-0.3, -0.25) is 0 Å². The van der Waals surface area contributed by atoms with E-state index in [4.69, 9.17) is 0 Å². The Kier molecular flexibility index (Phi) is 1.98. The van der Waals surface area contributed by atoms with Crippen molar-refractivity contribution in [3.05, 3.63) is 30.1 Å². The highest BCUT2D eigenvalue weighted by molar-refractivity contribution is 5.45. The minimum Gasteiger partial charge on any atom is -0.380 e. The molecule has 0 saturated heterocycles. The van der Waals surface area contributed by atoms with Gasteiger partial charge in [0.05, 0.1) is 5.69 Å². The predicted octanol–water partition coefficient (Wildman–Crippen LogP) is 2.79. The zero-order valence-corrected chi connectivity index (χ0v) is 6.89. The molecule has 1 aromatic rings. The molecule has 0 heterocycles. The average molecular weight is 165 g/mol. The van der Waals surface area contributed by atoms with Crippen molar-refractivity contribution < 1.29 is 4.39 Å². The van der Waals surface area contributed by atoms with Crippen LogP contribution >= 0.6 is 0 Å². The maximum Gasteiger partial charge on any atom is 0.146 e. The molecule has 1 fully saturated rings. The normalized spacial score (nSPS) is 17.1. The van der Waals surface area contributed by atoms with Crippen LogP contribution in [-0.4, -0.2) is 6.04 Å². The van der Waals surface area contributed by atoms with Crippen LogP contribution in [0.15, 0.2) is 24.3 Å². The summed E-state index contributed by atoms with van der Waals surface area (Å²) < 4.78 is 13.0. The molecular formula is C10H12FN. The Labute approximate surface area is 71.6 Å². The van der Waals surface area contributed by atoms with Crippen LogP contribution in [0.2, 0.25) is 0 Å². The van der Waals surface area contributed by atoms with E-state index in [0.29, 0.717) is 11.7 Å². The van der Waals surface area contributed by atoms with E-state index in [1.807, 2.05) is 6.07 Å². The second kappa shape index (κ2) is 3.13. The third-order valence-corrected chi connectivity index (χ3v) is 2.34. The lowest BCUT2D eigenvalue weighted by Crippen LogP contribution is -2.27. The Morgan fingerprint density at radius 2 is 2.00 bits per heavy atom. The van der Waals surface area contributed by atoms with Crippen LogP contribution in [-0.2, 0) is 0 Å². The molecular weight excluding hydrogens is 153 g/mol. The minimum absolute atomic E-state index is 0.149. The van der Waals surface area contributed by atoms with Gasteiger partial charge in [0, 0.05) is 6.04 Å². The molecule has 0 aliphatic heterocycles. The summed E-state index contributed by atoms with van der Waals surface area (Å²) in [7, 11) is 0. The van der Waals surface area contributed by atoms with Gasteiger partial charge in [-0.15, -0.1) is 0 Å². The van der Waals surface area contributed by atoms with Gasteiger partial charge in [-0.05, 0) is 31.4 Å². The van der Waals surface area contributed by atoms with Crippen molar-refractivity contribution in [2.75, 3.05) is 5.32 Å². The number of benzene rings is 1. The summed E-state index contributed by atoms with van der Waals surface area (Å²) in [5.41, 5.74) is 0.641. The van der Waals surface area contributed by atoms with Crippen molar-refractivity contribution in [3.63, 3.8) is 0 Å². The fraction of sp³-hybridized carbons (Fsp3) is 0.400. The first-order valence-corrected chi connectivity index (χ1v) is 4.37. The van der Waals surface area contributed by atoms with Crippen LogP contribution < -0.4 is 5.32 Å². The summed E-state index contributed by atoms with van der Waals surface area (Å²) in [5.74, 6) is -0.149. The largest absolute Gasteiger partial charge is 0.380 e. The molecule has 1 aromatic carbocycles. The highest BCUT2D eigenvalue weighted by Gasteiger charge is 2.17. The zero-order chi connectivity index (χ0) is 8.39. The monoisotopic (exact) mass is 165 g/mol. The van der Waals surface area contributed by atoms with Crippen LogP contribution in [0, 0.1) is 5.82 Å². The molecule has 0 spiro atoms. The summed E-state index contributed by atoms with van der Waals surface area (Å²) in [5, 5.41) is 3.17. The van der Waals surface area contributed by atoms with Gasteiger partial charge in [0.15, 0.2) is 0 Å². The summed E-state index contributed by atoms with van der Waals surface area (Å²) in [6.07, 6.45) is 3.62. The maximum absolute atomic E-state index is 13.0. The van der Waals surface area contributed by atoms with Crippen molar-refractivity contribution in [1.82, 2.24) is 0 Å². The average Bonchev–Trinajstić information content (AvgIpc) is 2.00. The quantitative estimate of drug-likeness (QED) is 0.710. The Morgan fingerprint density at radius 1 is 1.25 bits per heavy atom. The molecule has 2 heteroatoms. The SMILES string of the molecule is Fc1ccccc1NC1CCC1. The Bertz CT molecular complexity index is 268. The molecule has 0 amide bonds. The molecule has 1 aliphatic carbocycles. The van der Waals surface area contributed by atoms with Gasteiger partial charge in [0.2, 0.25) is 0 Å². The molecule has 0 atom stereocenters. The molecule has 0 unspecified atom stereocenters. The predicted molar refractivity (Wildman–Crippen MR) is 47.7 cm³/mol. The lowest BCUT2D eigenvalue weighted by molar-refractivity contribution is 0.443. The van der Waals surface area contributed by atoms with Crippen LogP contribution in [0.5, 0.6) is 0 Å². The third kappa shape index (κ3) is 1.42. The number of para-hydroxylation sites is 1. The number of rotatable bonds is 2. The van der Waals surface area contributed by atoms with Gasteiger partial charge in [-0.1, -0.05) is 12.1 Å². The van der Waals surface area contributed by atoms with Gasteiger partial charge >= 0.3 is 0 Å². The maximum atomic E-state index is 13.0. The molecule has 1 N–H and O–H groups in total. The van der Waals surface area contributed by atoms with E-state index in [0.717, 1.165) is 0 Å². The first-order chi connectivity index (χ1) is 5.86. The van der Waals surface area contributed by atoms with Crippen molar-refractivity contribution in [1.29, 1.82) is 0 Å². The van der Waals surface area contributed by atoms with E-state index >= 15 is 0 Å². The second-order valence-electron chi connectivity index (χ2n) is 3.25. The van der Waals surface area contributed by atoms with Crippen molar-refractivity contribution in [3.8, 4) is 0 Å². The number of nitrogens with one attached hydrogen (secondary N) is 1. The molecule has 2 rings (SSSR count). The van der Waals surface area contributed by atoms with Crippen LogP contribution in [0.1, 0.15) is 19.3 Å². The molecule has 1 nitrogen and oxygen atoms in total. The molecule has 0 radical (unpaired) electrons. The fourth-order valence-corrected chi connectivity index (χ4v) is 1.35. The summed E-state index contributed by atoms with van der Waals surface area (Å²) in [4.78, 5) is 0.